The molecule has 2 aliphatic rings. The zero-order valence-electron chi connectivity index (χ0n) is 16.5. The third kappa shape index (κ3) is 4.39. The van der Waals surface area contributed by atoms with Crippen molar-refractivity contribution in [1.82, 2.24) is 0 Å². The van der Waals surface area contributed by atoms with Crippen LogP contribution in [0.25, 0.3) is 0 Å². The lowest BCUT2D eigenvalue weighted by Crippen LogP contribution is -2.10. The molecule has 1 aliphatic carbocycles. The summed E-state index contributed by atoms with van der Waals surface area (Å²) >= 11 is 0. The van der Waals surface area contributed by atoms with E-state index in [0.717, 1.165) is 11.5 Å². The molecule has 0 radical (unpaired) electrons. The van der Waals surface area contributed by atoms with Gasteiger partial charge < -0.3 is 19.2 Å². The standard InChI is InChI=1S/C23H31NO3/c1-16(2)18-8-10-21(20(14-18)17-6-4-3-5-7-17)24-15-19-9-11-22(27-19)23-25-12-13-26-23/h8-11,14,16-17,23-24H,3-7,12-13,15H2,1-2H3. The van der Waals surface area contributed by atoms with Crippen LogP contribution in [-0.4, -0.2) is 13.2 Å². The number of anilines is 1. The summed E-state index contributed by atoms with van der Waals surface area (Å²) in [5.74, 6) is 2.89. The highest BCUT2D eigenvalue weighted by molar-refractivity contribution is 5.55. The maximum absolute atomic E-state index is 5.92. The smallest absolute Gasteiger partial charge is 0.217 e. The Labute approximate surface area is 162 Å². The van der Waals surface area contributed by atoms with Crippen LogP contribution in [0, 0.1) is 0 Å². The molecule has 1 N–H and O–H groups in total. The summed E-state index contributed by atoms with van der Waals surface area (Å²) in [7, 11) is 0. The van der Waals surface area contributed by atoms with Gasteiger partial charge in [-0.05, 0) is 54.0 Å². The van der Waals surface area contributed by atoms with E-state index >= 15 is 0 Å². The van der Waals surface area contributed by atoms with Crippen LogP contribution in [0.1, 0.15) is 86.7 Å². The fourth-order valence-electron chi connectivity index (χ4n) is 4.17. The second kappa shape index (κ2) is 8.49. The van der Waals surface area contributed by atoms with Gasteiger partial charge in [-0.1, -0.05) is 45.2 Å². The lowest BCUT2D eigenvalue weighted by Gasteiger charge is -2.26. The largest absolute Gasteiger partial charge is 0.459 e. The molecule has 2 heterocycles. The van der Waals surface area contributed by atoms with E-state index < -0.39 is 0 Å². The molecule has 4 heteroatoms. The number of nitrogens with one attached hydrogen (secondary N) is 1. The van der Waals surface area contributed by atoms with Gasteiger partial charge >= 0.3 is 0 Å². The molecule has 0 amide bonds. The summed E-state index contributed by atoms with van der Waals surface area (Å²) in [6.45, 7) is 6.47. The fraction of sp³-hybridized carbons (Fsp3) is 0.565. The minimum Gasteiger partial charge on any atom is -0.459 e. The van der Waals surface area contributed by atoms with Crippen molar-refractivity contribution in [2.45, 2.75) is 70.6 Å². The molecule has 0 spiro atoms. The molecule has 2 aromatic rings. The van der Waals surface area contributed by atoms with Crippen molar-refractivity contribution in [3.63, 3.8) is 0 Å². The third-order valence-electron chi connectivity index (χ3n) is 5.78. The number of furan rings is 1. The van der Waals surface area contributed by atoms with E-state index in [2.05, 4.69) is 37.4 Å². The first-order chi connectivity index (χ1) is 13.2. The van der Waals surface area contributed by atoms with Gasteiger partial charge in [0.15, 0.2) is 5.76 Å². The minimum atomic E-state index is -0.345. The van der Waals surface area contributed by atoms with Crippen molar-refractivity contribution in [3.05, 3.63) is 53.0 Å². The van der Waals surface area contributed by atoms with Crippen molar-refractivity contribution >= 4 is 5.69 Å². The van der Waals surface area contributed by atoms with Gasteiger partial charge in [-0.2, -0.15) is 0 Å². The van der Waals surface area contributed by atoms with Crippen molar-refractivity contribution < 1.29 is 13.9 Å². The Kier molecular flexibility index (Phi) is 5.84. The van der Waals surface area contributed by atoms with Crippen LogP contribution in [0.2, 0.25) is 0 Å². The summed E-state index contributed by atoms with van der Waals surface area (Å²) in [5.41, 5.74) is 4.16. The third-order valence-corrected chi connectivity index (χ3v) is 5.78. The average Bonchev–Trinajstić information content (AvgIpc) is 3.38. The van der Waals surface area contributed by atoms with Crippen LogP contribution in [0.4, 0.5) is 5.69 Å². The van der Waals surface area contributed by atoms with E-state index in [4.69, 9.17) is 13.9 Å². The fourth-order valence-corrected chi connectivity index (χ4v) is 4.17. The van der Waals surface area contributed by atoms with Crippen LogP contribution < -0.4 is 5.32 Å². The first-order valence-corrected chi connectivity index (χ1v) is 10.4. The van der Waals surface area contributed by atoms with Crippen LogP contribution in [0.15, 0.2) is 34.7 Å². The molecule has 1 saturated carbocycles. The molecule has 4 rings (SSSR count). The molecule has 1 aromatic carbocycles. The molecule has 4 nitrogen and oxygen atoms in total. The van der Waals surface area contributed by atoms with E-state index in [1.807, 2.05) is 12.1 Å². The van der Waals surface area contributed by atoms with Gasteiger partial charge in [-0.25, -0.2) is 0 Å². The zero-order valence-corrected chi connectivity index (χ0v) is 16.5. The normalized spacial score (nSPS) is 19.1. The Balaban J connectivity index is 1.48. The molecule has 2 fully saturated rings. The Morgan fingerprint density at radius 1 is 1.00 bits per heavy atom. The molecule has 146 valence electrons. The van der Waals surface area contributed by atoms with Crippen molar-refractivity contribution in [2.24, 2.45) is 0 Å². The SMILES string of the molecule is CC(C)c1ccc(NCc2ccc(C3OCCO3)o2)c(C2CCCCC2)c1. The number of hydrogen-bond donors (Lipinski definition) is 1. The van der Waals surface area contributed by atoms with Crippen molar-refractivity contribution in [3.8, 4) is 0 Å². The molecular formula is C23H31NO3. The Morgan fingerprint density at radius 3 is 2.52 bits per heavy atom. The van der Waals surface area contributed by atoms with E-state index in [-0.39, 0.29) is 6.29 Å². The Bertz CT molecular complexity index is 740. The van der Waals surface area contributed by atoms with E-state index in [1.165, 1.54) is 48.9 Å². The first-order valence-electron chi connectivity index (χ1n) is 10.4. The number of ether oxygens (including phenoxy) is 2. The zero-order chi connectivity index (χ0) is 18.6. The number of hydrogen-bond acceptors (Lipinski definition) is 4. The topological polar surface area (TPSA) is 43.6 Å². The Hall–Kier alpha value is -1.78. The highest BCUT2D eigenvalue weighted by Crippen LogP contribution is 2.38. The van der Waals surface area contributed by atoms with E-state index in [0.29, 0.717) is 31.6 Å². The monoisotopic (exact) mass is 369 g/mol. The summed E-state index contributed by atoms with van der Waals surface area (Å²) in [4.78, 5) is 0. The first kappa shape index (κ1) is 18.6. The number of benzene rings is 1. The summed E-state index contributed by atoms with van der Waals surface area (Å²) in [5, 5.41) is 3.62. The van der Waals surface area contributed by atoms with E-state index in [1.54, 1.807) is 0 Å². The van der Waals surface area contributed by atoms with Crippen molar-refractivity contribution in [2.75, 3.05) is 18.5 Å². The second-order valence-corrected chi connectivity index (χ2v) is 8.07. The molecule has 27 heavy (non-hydrogen) atoms. The van der Waals surface area contributed by atoms with Gasteiger partial charge in [-0.15, -0.1) is 0 Å². The minimum absolute atomic E-state index is 0.345. The van der Waals surface area contributed by atoms with Gasteiger partial charge in [0.25, 0.3) is 0 Å². The predicted octanol–water partition coefficient (Wildman–Crippen LogP) is 6.11. The molecule has 1 aromatic heterocycles. The van der Waals surface area contributed by atoms with E-state index in [9.17, 15) is 0 Å². The molecule has 1 aliphatic heterocycles. The van der Waals surface area contributed by atoms with Crippen LogP contribution in [-0.2, 0) is 16.0 Å². The van der Waals surface area contributed by atoms with Crippen molar-refractivity contribution in [1.29, 1.82) is 0 Å². The van der Waals surface area contributed by atoms with Gasteiger partial charge in [-0.3, -0.25) is 0 Å². The predicted molar refractivity (Wildman–Crippen MR) is 107 cm³/mol. The van der Waals surface area contributed by atoms with Crippen LogP contribution in [0.3, 0.4) is 0 Å². The maximum atomic E-state index is 5.92. The highest BCUT2D eigenvalue weighted by atomic mass is 16.7. The summed E-state index contributed by atoms with van der Waals surface area (Å²) in [6.07, 6.45) is 6.33. The molecule has 0 atom stereocenters. The van der Waals surface area contributed by atoms with Crippen LogP contribution in [0.5, 0.6) is 0 Å². The second-order valence-electron chi connectivity index (χ2n) is 8.07. The Morgan fingerprint density at radius 2 is 1.78 bits per heavy atom. The summed E-state index contributed by atoms with van der Waals surface area (Å²) in [6, 6.07) is 10.9. The lowest BCUT2D eigenvalue weighted by molar-refractivity contribution is -0.0593. The molecule has 1 saturated heterocycles. The summed E-state index contributed by atoms with van der Waals surface area (Å²) < 4.78 is 16.9. The lowest BCUT2D eigenvalue weighted by atomic mass is 9.82. The van der Waals surface area contributed by atoms with Gasteiger partial charge in [0.1, 0.15) is 5.76 Å². The molecular weight excluding hydrogens is 338 g/mol. The van der Waals surface area contributed by atoms with Crippen LogP contribution >= 0.6 is 0 Å². The van der Waals surface area contributed by atoms with Gasteiger partial charge in [0.2, 0.25) is 6.29 Å². The molecule has 0 bridgehead atoms. The van der Waals surface area contributed by atoms with Gasteiger partial charge in [0, 0.05) is 5.69 Å². The quantitative estimate of drug-likeness (QED) is 0.667. The molecule has 0 unspecified atom stereocenters. The highest BCUT2D eigenvalue weighted by Gasteiger charge is 2.22. The number of rotatable bonds is 6. The average molecular weight is 370 g/mol. The maximum Gasteiger partial charge on any atom is 0.217 e. The van der Waals surface area contributed by atoms with Gasteiger partial charge in [0.05, 0.1) is 19.8 Å².